The van der Waals surface area contributed by atoms with Crippen LogP contribution in [0, 0.1) is 0 Å². The molecule has 4 N–H and O–H groups in total. The molecule has 11 heavy (non-hydrogen) atoms. The zero-order valence-corrected chi connectivity index (χ0v) is 6.82. The number of hydrogen-bond donors (Lipinski definition) is 4. The van der Waals surface area contributed by atoms with Gasteiger partial charge in [0, 0.05) is 6.54 Å². The maximum atomic E-state index is 9.07. The lowest BCUT2D eigenvalue weighted by Gasteiger charge is -2.15. The average Bonchev–Trinajstić information content (AvgIpc) is 2.06. The lowest BCUT2D eigenvalue weighted by atomic mass is 10.2. The van der Waals surface area contributed by atoms with Gasteiger partial charge in [-0.1, -0.05) is 6.92 Å². The maximum Gasteiger partial charge on any atom is 0.0662 e. The summed E-state index contributed by atoms with van der Waals surface area (Å²) in [4.78, 5) is 0. The summed E-state index contributed by atoms with van der Waals surface area (Å²) in [5.41, 5.74) is 0. The van der Waals surface area contributed by atoms with E-state index in [1.54, 1.807) is 0 Å². The highest BCUT2D eigenvalue weighted by molar-refractivity contribution is 4.66. The highest BCUT2D eigenvalue weighted by Crippen LogP contribution is 1.88. The van der Waals surface area contributed by atoms with E-state index in [4.69, 9.17) is 15.3 Å². The zero-order valence-electron chi connectivity index (χ0n) is 6.82. The molecular weight excluding hydrogens is 146 g/mol. The number of nitrogens with one attached hydrogen (secondary N) is 1. The highest BCUT2D eigenvalue weighted by Gasteiger charge is 2.06. The quantitative estimate of drug-likeness (QED) is 0.393. The molecule has 0 bridgehead atoms. The molecule has 4 heteroatoms. The summed E-state index contributed by atoms with van der Waals surface area (Å²) in [6, 6.07) is -0.309. The van der Waals surface area contributed by atoms with Gasteiger partial charge < -0.3 is 20.6 Å². The Bertz CT molecular complexity index is 85.8. The molecule has 1 unspecified atom stereocenters. The monoisotopic (exact) mass is 163 g/mol. The van der Waals surface area contributed by atoms with Gasteiger partial charge in [-0.05, 0) is 6.42 Å². The van der Waals surface area contributed by atoms with Crippen LogP contribution in [0.5, 0.6) is 0 Å². The Balaban J connectivity index is 3.34. The SMILES string of the molecule is CCC(O)CNC(CO)CO. The number of hydrogen-bond acceptors (Lipinski definition) is 4. The van der Waals surface area contributed by atoms with Crippen LogP contribution in [0.3, 0.4) is 0 Å². The third kappa shape index (κ3) is 5.15. The number of aliphatic hydroxyl groups is 3. The summed E-state index contributed by atoms with van der Waals surface area (Å²) in [6.07, 6.45) is 0.284. The van der Waals surface area contributed by atoms with E-state index in [2.05, 4.69) is 5.32 Å². The van der Waals surface area contributed by atoms with E-state index in [9.17, 15) is 0 Å². The first-order valence-corrected chi connectivity index (χ1v) is 3.87. The van der Waals surface area contributed by atoms with Gasteiger partial charge in [-0.15, -0.1) is 0 Å². The molecule has 0 spiro atoms. The minimum Gasteiger partial charge on any atom is -0.395 e. The molecule has 0 aliphatic heterocycles. The Labute approximate surface area is 66.9 Å². The summed E-state index contributed by atoms with van der Waals surface area (Å²) in [5.74, 6) is 0. The van der Waals surface area contributed by atoms with Gasteiger partial charge in [-0.3, -0.25) is 0 Å². The van der Waals surface area contributed by atoms with Crippen molar-refractivity contribution in [1.29, 1.82) is 0 Å². The van der Waals surface area contributed by atoms with Gasteiger partial charge in [0.25, 0.3) is 0 Å². The van der Waals surface area contributed by atoms with Gasteiger partial charge in [0.05, 0.1) is 25.4 Å². The number of rotatable bonds is 6. The van der Waals surface area contributed by atoms with Crippen LogP contribution in [0.15, 0.2) is 0 Å². The molecule has 0 saturated heterocycles. The van der Waals surface area contributed by atoms with Gasteiger partial charge in [-0.25, -0.2) is 0 Å². The van der Waals surface area contributed by atoms with Crippen molar-refractivity contribution in [2.45, 2.75) is 25.5 Å². The second-order valence-electron chi connectivity index (χ2n) is 2.53. The molecular formula is C7H17NO3. The van der Waals surface area contributed by atoms with Crippen LogP contribution < -0.4 is 5.32 Å². The summed E-state index contributed by atoms with van der Waals surface area (Å²) in [6.45, 7) is 2.08. The fourth-order valence-corrected chi connectivity index (χ4v) is 0.634. The molecule has 68 valence electrons. The minimum absolute atomic E-state index is 0.104. The van der Waals surface area contributed by atoms with Crippen LogP contribution >= 0.6 is 0 Å². The first kappa shape index (κ1) is 10.8. The van der Waals surface area contributed by atoms with Crippen molar-refractivity contribution < 1.29 is 15.3 Å². The fourth-order valence-electron chi connectivity index (χ4n) is 0.634. The molecule has 0 fully saturated rings. The second kappa shape index (κ2) is 6.54. The van der Waals surface area contributed by atoms with Crippen molar-refractivity contribution in [3.63, 3.8) is 0 Å². The van der Waals surface area contributed by atoms with Crippen LogP contribution in [0.1, 0.15) is 13.3 Å². The van der Waals surface area contributed by atoms with E-state index in [1.165, 1.54) is 0 Å². The maximum absolute atomic E-state index is 9.07. The van der Waals surface area contributed by atoms with Crippen LogP contribution in [-0.2, 0) is 0 Å². The van der Waals surface area contributed by atoms with Crippen molar-refractivity contribution >= 4 is 0 Å². The van der Waals surface area contributed by atoms with Crippen molar-refractivity contribution in [3.05, 3.63) is 0 Å². The van der Waals surface area contributed by atoms with E-state index in [1.807, 2.05) is 6.92 Å². The molecule has 0 saturated carbocycles. The molecule has 0 amide bonds. The normalized spacial score (nSPS) is 13.9. The Kier molecular flexibility index (Phi) is 6.45. The molecule has 0 aromatic rings. The summed E-state index contributed by atoms with van der Waals surface area (Å²) >= 11 is 0. The zero-order chi connectivity index (χ0) is 8.69. The number of aliphatic hydroxyl groups excluding tert-OH is 3. The third-order valence-electron chi connectivity index (χ3n) is 1.55. The first-order valence-electron chi connectivity index (χ1n) is 3.87. The lowest BCUT2D eigenvalue weighted by Crippen LogP contribution is -2.40. The molecule has 0 aliphatic rings. The molecule has 0 rings (SSSR count). The molecule has 0 aromatic carbocycles. The van der Waals surface area contributed by atoms with Crippen LogP contribution in [0.2, 0.25) is 0 Å². The fraction of sp³-hybridized carbons (Fsp3) is 1.00. The molecule has 1 atom stereocenters. The predicted octanol–water partition coefficient (Wildman–Crippen LogP) is -1.30. The second-order valence-corrected chi connectivity index (χ2v) is 2.53. The van der Waals surface area contributed by atoms with Gasteiger partial charge in [0.15, 0.2) is 0 Å². The van der Waals surface area contributed by atoms with Crippen molar-refractivity contribution in [3.8, 4) is 0 Å². The van der Waals surface area contributed by atoms with E-state index in [0.717, 1.165) is 0 Å². The summed E-state index contributed by atoms with van der Waals surface area (Å²) < 4.78 is 0. The Morgan fingerprint density at radius 2 is 1.82 bits per heavy atom. The van der Waals surface area contributed by atoms with Crippen molar-refractivity contribution in [1.82, 2.24) is 5.32 Å². The minimum atomic E-state index is -0.393. The average molecular weight is 163 g/mol. The summed E-state index contributed by atoms with van der Waals surface area (Å²) in [7, 11) is 0. The molecule has 0 heterocycles. The van der Waals surface area contributed by atoms with E-state index < -0.39 is 6.10 Å². The molecule has 4 nitrogen and oxygen atoms in total. The van der Waals surface area contributed by atoms with Gasteiger partial charge in [0.2, 0.25) is 0 Å². The van der Waals surface area contributed by atoms with E-state index in [0.29, 0.717) is 13.0 Å². The third-order valence-corrected chi connectivity index (χ3v) is 1.55. The molecule has 0 aromatic heterocycles. The predicted molar refractivity (Wildman–Crippen MR) is 42.3 cm³/mol. The highest BCUT2D eigenvalue weighted by atomic mass is 16.3. The van der Waals surface area contributed by atoms with Crippen molar-refractivity contribution in [2.24, 2.45) is 0 Å². The van der Waals surface area contributed by atoms with Gasteiger partial charge in [0.1, 0.15) is 0 Å². The Morgan fingerprint density at radius 1 is 1.27 bits per heavy atom. The largest absolute Gasteiger partial charge is 0.395 e. The van der Waals surface area contributed by atoms with Crippen molar-refractivity contribution in [2.75, 3.05) is 19.8 Å². The van der Waals surface area contributed by atoms with Crippen LogP contribution in [0.25, 0.3) is 0 Å². The first-order chi connectivity index (χ1) is 5.24. The topological polar surface area (TPSA) is 72.7 Å². The Hall–Kier alpha value is -0.160. The molecule has 0 aliphatic carbocycles. The Morgan fingerprint density at radius 3 is 2.18 bits per heavy atom. The van der Waals surface area contributed by atoms with E-state index in [-0.39, 0.29) is 19.3 Å². The van der Waals surface area contributed by atoms with Gasteiger partial charge in [-0.2, -0.15) is 0 Å². The standard InChI is InChI=1S/C7H17NO3/c1-2-7(11)3-8-6(4-9)5-10/h6-11H,2-5H2,1H3. The molecule has 0 radical (unpaired) electrons. The van der Waals surface area contributed by atoms with Crippen LogP contribution in [-0.4, -0.2) is 47.2 Å². The van der Waals surface area contributed by atoms with Crippen LogP contribution in [0.4, 0.5) is 0 Å². The lowest BCUT2D eigenvalue weighted by molar-refractivity contribution is 0.132. The van der Waals surface area contributed by atoms with E-state index >= 15 is 0 Å². The van der Waals surface area contributed by atoms with Gasteiger partial charge >= 0.3 is 0 Å². The smallest absolute Gasteiger partial charge is 0.0662 e. The summed E-state index contributed by atoms with van der Waals surface area (Å²) in [5, 5.41) is 29.1.